The van der Waals surface area contributed by atoms with Crippen LogP contribution < -0.4 is 0 Å². The maximum atomic E-state index is 13.3. The van der Waals surface area contributed by atoms with Crippen LogP contribution in [0.3, 0.4) is 0 Å². The molecule has 0 aromatic heterocycles. The van der Waals surface area contributed by atoms with Gasteiger partial charge in [-0.2, -0.15) is 0 Å². The number of hydrogen-bond acceptors (Lipinski definition) is 5. The minimum absolute atomic E-state index is 0.175. The molecule has 1 heterocycles. The van der Waals surface area contributed by atoms with Crippen LogP contribution in [0.15, 0.2) is 24.3 Å². The standard InChI is InChI=1S/C19H25FN2O5/c1-5-26-15(23)12-21-10-11-22(18(25)27-19(2,3)4)16(17(21)24)13-6-8-14(20)9-7-13/h6-9,16H,5,10-12H2,1-4H3. The number of halogens is 1. The molecule has 2 amide bonds. The molecule has 0 aliphatic carbocycles. The molecular formula is C19H25FN2O5. The van der Waals surface area contributed by atoms with Gasteiger partial charge >= 0.3 is 12.1 Å². The molecule has 0 saturated carbocycles. The van der Waals surface area contributed by atoms with Gasteiger partial charge in [0.15, 0.2) is 0 Å². The predicted octanol–water partition coefficient (Wildman–Crippen LogP) is 2.51. The van der Waals surface area contributed by atoms with E-state index in [9.17, 15) is 18.8 Å². The maximum Gasteiger partial charge on any atom is 0.411 e. The SMILES string of the molecule is CCOC(=O)CN1CCN(C(=O)OC(C)(C)C)C(c2ccc(F)cc2)C1=O. The number of ether oxygens (including phenoxy) is 2. The number of piperazine rings is 1. The van der Waals surface area contributed by atoms with Crippen molar-refractivity contribution in [2.45, 2.75) is 39.3 Å². The van der Waals surface area contributed by atoms with Crippen molar-refractivity contribution < 1.29 is 28.2 Å². The first kappa shape index (κ1) is 20.7. The van der Waals surface area contributed by atoms with Crippen LogP contribution in [0.25, 0.3) is 0 Å². The van der Waals surface area contributed by atoms with E-state index in [0.29, 0.717) is 5.56 Å². The highest BCUT2D eigenvalue weighted by Gasteiger charge is 2.41. The van der Waals surface area contributed by atoms with Gasteiger partial charge in [0, 0.05) is 13.1 Å². The lowest BCUT2D eigenvalue weighted by atomic mass is 10.0. The van der Waals surface area contributed by atoms with Gasteiger partial charge in [0.1, 0.15) is 24.0 Å². The minimum Gasteiger partial charge on any atom is -0.465 e. The molecule has 2 rings (SSSR count). The van der Waals surface area contributed by atoms with Crippen LogP contribution in [0.1, 0.15) is 39.3 Å². The van der Waals surface area contributed by atoms with Crippen molar-refractivity contribution >= 4 is 18.0 Å². The van der Waals surface area contributed by atoms with Gasteiger partial charge in [0.2, 0.25) is 0 Å². The number of nitrogens with zero attached hydrogens (tertiary/aromatic N) is 2. The third kappa shape index (κ3) is 5.42. The van der Waals surface area contributed by atoms with Crippen LogP contribution >= 0.6 is 0 Å². The van der Waals surface area contributed by atoms with Gasteiger partial charge in [-0.1, -0.05) is 12.1 Å². The average molecular weight is 380 g/mol. The average Bonchev–Trinajstić information content (AvgIpc) is 2.56. The van der Waals surface area contributed by atoms with E-state index in [2.05, 4.69) is 0 Å². The Morgan fingerprint density at radius 2 is 1.81 bits per heavy atom. The lowest BCUT2D eigenvalue weighted by Gasteiger charge is -2.40. The molecule has 1 aromatic carbocycles. The van der Waals surface area contributed by atoms with E-state index in [-0.39, 0.29) is 26.2 Å². The third-order valence-electron chi connectivity index (χ3n) is 3.91. The summed E-state index contributed by atoms with van der Waals surface area (Å²) in [5.74, 6) is -1.41. The smallest absolute Gasteiger partial charge is 0.411 e. The Morgan fingerprint density at radius 3 is 2.37 bits per heavy atom. The minimum atomic E-state index is -0.997. The Kier molecular flexibility index (Phi) is 6.41. The summed E-state index contributed by atoms with van der Waals surface area (Å²) in [5, 5.41) is 0. The summed E-state index contributed by atoms with van der Waals surface area (Å²) in [6, 6.07) is 4.34. The van der Waals surface area contributed by atoms with Crippen molar-refractivity contribution in [1.29, 1.82) is 0 Å². The van der Waals surface area contributed by atoms with Crippen LogP contribution in [-0.2, 0) is 19.1 Å². The zero-order chi connectivity index (χ0) is 20.2. The van der Waals surface area contributed by atoms with E-state index in [4.69, 9.17) is 9.47 Å². The van der Waals surface area contributed by atoms with Crippen LogP contribution in [0.2, 0.25) is 0 Å². The van der Waals surface area contributed by atoms with Crippen molar-refractivity contribution in [2.24, 2.45) is 0 Å². The van der Waals surface area contributed by atoms with E-state index in [1.807, 2.05) is 0 Å². The van der Waals surface area contributed by atoms with Crippen molar-refractivity contribution in [2.75, 3.05) is 26.2 Å². The van der Waals surface area contributed by atoms with Gasteiger partial charge in [0.05, 0.1) is 6.61 Å². The zero-order valence-electron chi connectivity index (χ0n) is 16.0. The van der Waals surface area contributed by atoms with Crippen molar-refractivity contribution in [3.05, 3.63) is 35.6 Å². The summed E-state index contributed by atoms with van der Waals surface area (Å²) in [6.07, 6.45) is -0.638. The predicted molar refractivity (Wildman–Crippen MR) is 95.3 cm³/mol. The number of esters is 1. The molecule has 1 aliphatic heterocycles. The van der Waals surface area contributed by atoms with Crippen molar-refractivity contribution in [3.8, 4) is 0 Å². The molecule has 0 spiro atoms. The largest absolute Gasteiger partial charge is 0.465 e. The first-order valence-corrected chi connectivity index (χ1v) is 8.82. The van der Waals surface area contributed by atoms with E-state index in [0.717, 1.165) is 0 Å². The number of hydrogen-bond donors (Lipinski definition) is 0. The summed E-state index contributed by atoms with van der Waals surface area (Å²) >= 11 is 0. The summed E-state index contributed by atoms with van der Waals surface area (Å²) in [6.45, 7) is 7.25. The molecular weight excluding hydrogens is 355 g/mol. The Hall–Kier alpha value is -2.64. The molecule has 7 nitrogen and oxygen atoms in total. The van der Waals surface area contributed by atoms with Gasteiger partial charge in [-0.05, 0) is 45.4 Å². The molecule has 0 bridgehead atoms. The van der Waals surface area contributed by atoms with E-state index in [1.54, 1.807) is 27.7 Å². The van der Waals surface area contributed by atoms with E-state index >= 15 is 0 Å². The van der Waals surface area contributed by atoms with Crippen LogP contribution in [-0.4, -0.2) is 59.6 Å². The Balaban J connectivity index is 2.29. The van der Waals surface area contributed by atoms with E-state index in [1.165, 1.54) is 34.1 Å². The zero-order valence-corrected chi connectivity index (χ0v) is 16.0. The number of carbonyl (C=O) groups is 3. The highest BCUT2D eigenvalue weighted by atomic mass is 19.1. The summed E-state index contributed by atoms with van der Waals surface area (Å²) < 4.78 is 23.6. The number of amides is 2. The normalized spacial score (nSPS) is 17.7. The summed E-state index contributed by atoms with van der Waals surface area (Å²) in [7, 11) is 0. The Labute approximate surface area is 158 Å². The molecule has 1 fully saturated rings. The second-order valence-electron chi connectivity index (χ2n) is 7.19. The fourth-order valence-corrected chi connectivity index (χ4v) is 2.78. The summed E-state index contributed by atoms with van der Waals surface area (Å²) in [4.78, 5) is 40.0. The van der Waals surface area contributed by atoms with Crippen LogP contribution in [0.5, 0.6) is 0 Å². The van der Waals surface area contributed by atoms with Crippen molar-refractivity contribution in [1.82, 2.24) is 9.80 Å². The lowest BCUT2D eigenvalue weighted by molar-refractivity contribution is -0.153. The lowest BCUT2D eigenvalue weighted by Crippen LogP contribution is -2.56. The number of carbonyl (C=O) groups excluding carboxylic acids is 3. The number of benzene rings is 1. The molecule has 1 aromatic rings. The molecule has 1 aliphatic rings. The fourth-order valence-electron chi connectivity index (χ4n) is 2.78. The molecule has 0 N–H and O–H groups in total. The van der Waals surface area contributed by atoms with E-state index < -0.39 is 35.4 Å². The molecule has 8 heteroatoms. The molecule has 148 valence electrons. The number of rotatable bonds is 4. The van der Waals surface area contributed by atoms with Gasteiger partial charge in [-0.25, -0.2) is 9.18 Å². The first-order valence-electron chi connectivity index (χ1n) is 8.82. The molecule has 27 heavy (non-hydrogen) atoms. The quantitative estimate of drug-likeness (QED) is 0.750. The second-order valence-corrected chi connectivity index (χ2v) is 7.19. The van der Waals surface area contributed by atoms with Gasteiger partial charge in [-0.15, -0.1) is 0 Å². The Bertz CT molecular complexity index is 699. The molecule has 1 saturated heterocycles. The molecule has 1 unspecified atom stereocenters. The topological polar surface area (TPSA) is 76.2 Å². The van der Waals surface area contributed by atoms with Gasteiger partial charge in [0.25, 0.3) is 5.91 Å². The highest BCUT2D eigenvalue weighted by Crippen LogP contribution is 2.28. The fraction of sp³-hybridized carbons (Fsp3) is 0.526. The van der Waals surface area contributed by atoms with Gasteiger partial charge < -0.3 is 14.4 Å². The maximum absolute atomic E-state index is 13.3. The molecule has 0 radical (unpaired) electrons. The highest BCUT2D eigenvalue weighted by molar-refractivity contribution is 5.90. The van der Waals surface area contributed by atoms with Crippen molar-refractivity contribution in [3.63, 3.8) is 0 Å². The third-order valence-corrected chi connectivity index (χ3v) is 3.91. The van der Waals surface area contributed by atoms with Crippen LogP contribution in [0.4, 0.5) is 9.18 Å². The summed E-state index contributed by atoms with van der Waals surface area (Å²) in [5.41, 5.74) is -0.281. The first-order chi connectivity index (χ1) is 12.6. The second kappa shape index (κ2) is 8.37. The van der Waals surface area contributed by atoms with Crippen LogP contribution in [0, 0.1) is 5.82 Å². The molecule has 1 atom stereocenters. The van der Waals surface area contributed by atoms with Gasteiger partial charge in [-0.3, -0.25) is 14.5 Å². The monoisotopic (exact) mass is 380 g/mol. The Morgan fingerprint density at radius 1 is 1.19 bits per heavy atom.